The predicted molar refractivity (Wildman–Crippen MR) is 128 cm³/mol. The predicted octanol–water partition coefficient (Wildman–Crippen LogP) is 2.32. The maximum atomic E-state index is 14.7. The minimum Gasteiger partial charge on any atom is -0.482 e. The summed E-state index contributed by atoms with van der Waals surface area (Å²) in [7, 11) is 1.52. The first kappa shape index (κ1) is 23.4. The molecule has 2 aliphatic heterocycles. The molecule has 10 heteroatoms. The van der Waals surface area contributed by atoms with Crippen LogP contribution >= 0.6 is 0 Å². The van der Waals surface area contributed by atoms with E-state index in [4.69, 9.17) is 19.9 Å². The van der Waals surface area contributed by atoms with Gasteiger partial charge in [0.2, 0.25) is 5.88 Å². The highest BCUT2D eigenvalue weighted by Gasteiger charge is 2.28. The number of ether oxygens (including phenoxy) is 3. The Kier molecular flexibility index (Phi) is 6.76. The summed E-state index contributed by atoms with van der Waals surface area (Å²) >= 11 is 0. The van der Waals surface area contributed by atoms with E-state index >= 15 is 0 Å². The fourth-order valence-corrected chi connectivity index (χ4v) is 4.53. The van der Waals surface area contributed by atoms with E-state index in [1.807, 2.05) is 18.2 Å². The number of nitrogens with zero attached hydrogens (tertiary/aromatic N) is 2. The average Bonchev–Trinajstić information content (AvgIpc) is 2.88. The zero-order valence-electron chi connectivity index (χ0n) is 19.4. The summed E-state index contributed by atoms with van der Waals surface area (Å²) in [6.07, 6.45) is 2.95. The van der Waals surface area contributed by atoms with Crippen molar-refractivity contribution in [1.29, 1.82) is 0 Å². The Balaban J connectivity index is 1.16. The number of hydrogen-bond acceptors (Lipinski definition) is 8. The maximum Gasteiger partial charge on any atom is 0.262 e. The van der Waals surface area contributed by atoms with Crippen molar-refractivity contribution in [2.45, 2.75) is 44.0 Å². The average molecular weight is 482 g/mol. The Morgan fingerprint density at radius 2 is 2.20 bits per heavy atom. The molecule has 0 radical (unpaired) electrons. The lowest BCUT2D eigenvalue weighted by atomic mass is 9.94. The standard InChI is InChI=1S/C25H28FN5O4/c1-33-24-7-4-19-25(31-24)16(17(26)11-29-19)9-18(27)21-6-3-15(12-34-21)28-10-14-2-5-22-20(8-14)30-23(32)13-35-22/h2,4-5,7-8,11,15,18,21,28H,3,6,9-10,12-13,27H2,1H3,(H,30,32)/t15-,18+,21+/m1/s1. The molecule has 4 heterocycles. The smallest absolute Gasteiger partial charge is 0.262 e. The van der Waals surface area contributed by atoms with Crippen LogP contribution in [0.3, 0.4) is 0 Å². The third-order valence-corrected chi connectivity index (χ3v) is 6.45. The number of benzene rings is 1. The van der Waals surface area contributed by atoms with Crippen LogP contribution in [-0.2, 0) is 22.5 Å². The normalized spacial score (nSPS) is 20.6. The monoisotopic (exact) mass is 481 g/mol. The molecule has 9 nitrogen and oxygen atoms in total. The number of methoxy groups -OCH3 is 1. The molecule has 1 fully saturated rings. The summed E-state index contributed by atoms with van der Waals surface area (Å²) in [6, 6.07) is 9.00. The van der Waals surface area contributed by atoms with Gasteiger partial charge >= 0.3 is 0 Å². The van der Waals surface area contributed by atoms with E-state index in [2.05, 4.69) is 20.6 Å². The van der Waals surface area contributed by atoms with Gasteiger partial charge < -0.3 is 30.6 Å². The van der Waals surface area contributed by atoms with Crippen molar-refractivity contribution in [2.75, 3.05) is 25.6 Å². The van der Waals surface area contributed by atoms with Crippen LogP contribution in [0.15, 0.2) is 36.5 Å². The second-order valence-corrected chi connectivity index (χ2v) is 8.87. The second kappa shape index (κ2) is 10.1. The summed E-state index contributed by atoms with van der Waals surface area (Å²) in [5.74, 6) is 0.491. The molecule has 0 aliphatic carbocycles. The molecule has 5 rings (SSSR count). The number of halogens is 1. The highest BCUT2D eigenvalue weighted by molar-refractivity contribution is 5.95. The molecule has 0 bridgehead atoms. The Bertz CT molecular complexity index is 1230. The molecule has 3 aromatic rings. The van der Waals surface area contributed by atoms with Crippen LogP contribution in [0.1, 0.15) is 24.0 Å². The van der Waals surface area contributed by atoms with Crippen LogP contribution in [0.4, 0.5) is 10.1 Å². The van der Waals surface area contributed by atoms with Gasteiger partial charge in [-0.15, -0.1) is 0 Å². The Hall–Kier alpha value is -3.34. The number of carbonyl (C=O) groups is 1. The number of fused-ring (bicyclic) bond motifs is 2. The van der Waals surface area contributed by atoms with Gasteiger partial charge in [-0.05, 0) is 43.0 Å². The topological polar surface area (TPSA) is 121 Å². The molecular formula is C25H28FN5O4. The second-order valence-electron chi connectivity index (χ2n) is 8.87. The van der Waals surface area contributed by atoms with Crippen molar-refractivity contribution in [2.24, 2.45) is 5.73 Å². The maximum absolute atomic E-state index is 14.7. The molecule has 35 heavy (non-hydrogen) atoms. The van der Waals surface area contributed by atoms with Crippen LogP contribution in [0.25, 0.3) is 11.0 Å². The van der Waals surface area contributed by atoms with Crippen molar-refractivity contribution in [3.63, 3.8) is 0 Å². The van der Waals surface area contributed by atoms with Gasteiger partial charge in [-0.3, -0.25) is 9.78 Å². The summed E-state index contributed by atoms with van der Waals surface area (Å²) in [6.45, 7) is 1.19. The molecule has 184 valence electrons. The zero-order chi connectivity index (χ0) is 24.4. The molecule has 3 atom stereocenters. The highest BCUT2D eigenvalue weighted by Crippen LogP contribution is 2.29. The van der Waals surface area contributed by atoms with E-state index in [0.717, 1.165) is 18.4 Å². The molecule has 2 aromatic heterocycles. The fourth-order valence-electron chi connectivity index (χ4n) is 4.53. The SMILES string of the molecule is COc1ccc2ncc(F)c(C[C@H](N)[C@@H]3CC[C@@H](NCc4ccc5c(c4)NC(=O)CO5)CO3)c2n1. The number of aromatic nitrogens is 2. The van der Waals surface area contributed by atoms with Gasteiger partial charge in [0.05, 0.1) is 42.7 Å². The molecule has 1 amide bonds. The van der Waals surface area contributed by atoms with Crippen molar-refractivity contribution >= 4 is 22.6 Å². The Morgan fingerprint density at radius 3 is 3.00 bits per heavy atom. The number of nitrogens with one attached hydrogen (secondary N) is 2. The lowest BCUT2D eigenvalue weighted by Gasteiger charge is -2.33. The first-order chi connectivity index (χ1) is 17.0. The minimum atomic E-state index is -0.435. The number of anilines is 1. The molecule has 2 aliphatic rings. The molecule has 4 N–H and O–H groups in total. The van der Waals surface area contributed by atoms with Crippen LogP contribution in [-0.4, -0.2) is 54.4 Å². The Morgan fingerprint density at radius 1 is 1.31 bits per heavy atom. The minimum absolute atomic E-state index is 0.0437. The lowest BCUT2D eigenvalue weighted by molar-refractivity contribution is -0.118. The van der Waals surface area contributed by atoms with Gasteiger partial charge in [0, 0.05) is 30.3 Å². The van der Waals surface area contributed by atoms with Gasteiger partial charge in [0.1, 0.15) is 11.6 Å². The number of carbonyl (C=O) groups excluding carboxylic acids is 1. The first-order valence-electron chi connectivity index (χ1n) is 11.6. The van der Waals surface area contributed by atoms with E-state index in [-0.39, 0.29) is 37.1 Å². The van der Waals surface area contributed by atoms with E-state index < -0.39 is 5.82 Å². The van der Waals surface area contributed by atoms with Crippen LogP contribution in [0, 0.1) is 5.82 Å². The van der Waals surface area contributed by atoms with Crippen LogP contribution in [0.2, 0.25) is 0 Å². The molecule has 0 spiro atoms. The zero-order valence-corrected chi connectivity index (χ0v) is 19.4. The van der Waals surface area contributed by atoms with E-state index in [1.54, 1.807) is 12.1 Å². The van der Waals surface area contributed by atoms with Gasteiger partial charge in [-0.2, -0.15) is 0 Å². The first-order valence-corrected chi connectivity index (χ1v) is 11.6. The molecule has 0 unspecified atom stereocenters. The van der Waals surface area contributed by atoms with Crippen LogP contribution < -0.4 is 25.8 Å². The summed E-state index contributed by atoms with van der Waals surface area (Å²) in [5, 5.41) is 6.32. The van der Waals surface area contributed by atoms with E-state index in [0.29, 0.717) is 47.1 Å². The third-order valence-electron chi connectivity index (χ3n) is 6.45. The molecule has 0 saturated carbocycles. The van der Waals surface area contributed by atoms with Crippen molar-refractivity contribution in [3.8, 4) is 11.6 Å². The van der Waals surface area contributed by atoms with Crippen molar-refractivity contribution < 1.29 is 23.4 Å². The molecular weight excluding hydrogens is 453 g/mol. The van der Waals surface area contributed by atoms with Gasteiger partial charge in [-0.1, -0.05) is 6.07 Å². The largest absolute Gasteiger partial charge is 0.482 e. The number of pyridine rings is 2. The highest BCUT2D eigenvalue weighted by atomic mass is 19.1. The number of amides is 1. The van der Waals surface area contributed by atoms with E-state index in [9.17, 15) is 9.18 Å². The van der Waals surface area contributed by atoms with Gasteiger partial charge in [0.15, 0.2) is 6.61 Å². The molecule has 1 aromatic carbocycles. The summed E-state index contributed by atoms with van der Waals surface area (Å²) in [5.41, 5.74) is 9.67. The lowest BCUT2D eigenvalue weighted by Crippen LogP contribution is -2.47. The number of rotatable bonds is 7. The number of nitrogens with two attached hydrogens (primary N) is 1. The van der Waals surface area contributed by atoms with Crippen molar-refractivity contribution in [3.05, 3.63) is 53.5 Å². The molecule has 1 saturated heterocycles. The summed E-state index contributed by atoms with van der Waals surface area (Å²) < 4.78 is 31.3. The Labute approximate surface area is 202 Å². The van der Waals surface area contributed by atoms with Gasteiger partial charge in [-0.25, -0.2) is 9.37 Å². The van der Waals surface area contributed by atoms with Crippen molar-refractivity contribution in [1.82, 2.24) is 15.3 Å². The van der Waals surface area contributed by atoms with Gasteiger partial charge in [0.25, 0.3) is 5.91 Å². The fraction of sp³-hybridized carbons (Fsp3) is 0.400. The quantitative estimate of drug-likeness (QED) is 0.470. The number of hydrogen-bond donors (Lipinski definition) is 3. The third kappa shape index (κ3) is 5.19. The summed E-state index contributed by atoms with van der Waals surface area (Å²) in [4.78, 5) is 20.0. The van der Waals surface area contributed by atoms with E-state index in [1.165, 1.54) is 13.3 Å². The van der Waals surface area contributed by atoms with Crippen LogP contribution in [0.5, 0.6) is 11.6 Å².